The minimum atomic E-state index is 0.831. The fourth-order valence-corrected chi connectivity index (χ4v) is 3.58. The fraction of sp³-hybridized carbons (Fsp3) is 0.688. The minimum Gasteiger partial charge on any atom is -0.355 e. The van der Waals surface area contributed by atoms with Gasteiger partial charge in [-0.1, -0.05) is 13.3 Å². The Hall–Kier alpha value is -1.65. The van der Waals surface area contributed by atoms with Gasteiger partial charge in [0, 0.05) is 26.1 Å². The first-order valence-corrected chi connectivity index (χ1v) is 8.28. The van der Waals surface area contributed by atoms with Crippen molar-refractivity contribution in [1.82, 2.24) is 19.5 Å². The second-order valence-electron chi connectivity index (χ2n) is 6.53. The highest BCUT2D eigenvalue weighted by Gasteiger charge is 2.23. The molecule has 0 saturated carbocycles. The Labute approximate surface area is 125 Å². The summed E-state index contributed by atoms with van der Waals surface area (Å²) in [6, 6.07) is 0. The molecule has 2 aliphatic heterocycles. The summed E-state index contributed by atoms with van der Waals surface area (Å²) in [7, 11) is 0. The summed E-state index contributed by atoms with van der Waals surface area (Å²) in [4.78, 5) is 16.4. The molecular formula is C16H23N5. The van der Waals surface area contributed by atoms with E-state index in [9.17, 15) is 0 Å². The molecule has 0 bridgehead atoms. The molecule has 1 saturated heterocycles. The van der Waals surface area contributed by atoms with Crippen LogP contribution in [0.4, 0.5) is 5.82 Å². The quantitative estimate of drug-likeness (QED) is 0.808. The number of fused-ring (bicyclic) bond motifs is 3. The number of hydrogen-bond donors (Lipinski definition) is 0. The monoisotopic (exact) mass is 285 g/mol. The third-order valence-corrected chi connectivity index (χ3v) is 4.96. The van der Waals surface area contributed by atoms with Crippen molar-refractivity contribution in [2.45, 2.75) is 52.0 Å². The van der Waals surface area contributed by atoms with Gasteiger partial charge in [-0.15, -0.1) is 0 Å². The molecule has 0 aromatic carbocycles. The van der Waals surface area contributed by atoms with E-state index in [0.29, 0.717) is 0 Å². The maximum atomic E-state index is 4.90. The molecule has 0 spiro atoms. The van der Waals surface area contributed by atoms with E-state index in [1.54, 1.807) is 6.33 Å². The van der Waals surface area contributed by atoms with Crippen LogP contribution in [0, 0.1) is 5.92 Å². The van der Waals surface area contributed by atoms with Gasteiger partial charge in [0.1, 0.15) is 12.2 Å². The van der Waals surface area contributed by atoms with Crippen molar-refractivity contribution in [3.8, 4) is 0 Å². The topological polar surface area (TPSA) is 46.8 Å². The lowest BCUT2D eigenvalue weighted by atomic mass is 9.99. The number of aryl methyl sites for hydroxylation is 2. The first kappa shape index (κ1) is 13.0. The van der Waals surface area contributed by atoms with Gasteiger partial charge in [-0.05, 0) is 31.6 Å². The standard InChI is InChI=1S/C16H23N5/c1-12-6-9-20(10-7-12)15-14-16(18-11-17-15)21-8-4-2-3-5-13(21)19-14/h11-12H,2-10H2,1H3. The molecular weight excluding hydrogens is 262 g/mol. The number of imidazole rings is 1. The van der Waals surface area contributed by atoms with Crippen molar-refractivity contribution >= 4 is 17.0 Å². The Bertz CT molecular complexity index is 639. The van der Waals surface area contributed by atoms with E-state index < -0.39 is 0 Å². The van der Waals surface area contributed by atoms with Crippen molar-refractivity contribution in [2.24, 2.45) is 5.92 Å². The molecule has 0 amide bonds. The summed E-state index contributed by atoms with van der Waals surface area (Å²) < 4.78 is 2.32. The third-order valence-electron chi connectivity index (χ3n) is 4.96. The van der Waals surface area contributed by atoms with E-state index in [2.05, 4.69) is 26.4 Å². The van der Waals surface area contributed by atoms with Crippen LogP contribution in [0.1, 0.15) is 44.9 Å². The Balaban J connectivity index is 1.76. The number of hydrogen-bond acceptors (Lipinski definition) is 4. The Morgan fingerprint density at radius 1 is 1.05 bits per heavy atom. The molecule has 0 N–H and O–H groups in total. The van der Waals surface area contributed by atoms with E-state index in [0.717, 1.165) is 49.0 Å². The average Bonchev–Trinajstić information content (AvgIpc) is 2.70. The van der Waals surface area contributed by atoms with Gasteiger partial charge in [-0.2, -0.15) is 0 Å². The van der Waals surface area contributed by atoms with E-state index in [-0.39, 0.29) is 0 Å². The van der Waals surface area contributed by atoms with Gasteiger partial charge in [0.05, 0.1) is 0 Å². The van der Waals surface area contributed by atoms with Gasteiger partial charge in [0.25, 0.3) is 0 Å². The van der Waals surface area contributed by atoms with Crippen molar-refractivity contribution < 1.29 is 0 Å². The van der Waals surface area contributed by atoms with Crippen LogP contribution in [0.25, 0.3) is 11.2 Å². The summed E-state index contributed by atoms with van der Waals surface area (Å²) in [5.74, 6) is 3.08. The molecule has 0 aliphatic carbocycles. The molecule has 1 fully saturated rings. The van der Waals surface area contributed by atoms with E-state index in [4.69, 9.17) is 4.98 Å². The minimum absolute atomic E-state index is 0.831. The molecule has 2 aromatic rings. The van der Waals surface area contributed by atoms with Crippen LogP contribution < -0.4 is 4.90 Å². The summed E-state index contributed by atoms with van der Waals surface area (Å²) in [5, 5.41) is 0. The molecule has 2 aromatic heterocycles. The zero-order valence-electron chi connectivity index (χ0n) is 12.8. The van der Waals surface area contributed by atoms with Crippen molar-refractivity contribution in [1.29, 1.82) is 0 Å². The fourth-order valence-electron chi connectivity index (χ4n) is 3.58. The van der Waals surface area contributed by atoms with Crippen LogP contribution >= 0.6 is 0 Å². The molecule has 0 unspecified atom stereocenters. The summed E-state index contributed by atoms with van der Waals surface area (Å²) in [6.07, 6.45) is 9.07. The molecule has 4 rings (SSSR count). The Kier molecular flexibility index (Phi) is 3.28. The van der Waals surface area contributed by atoms with Gasteiger partial charge in [-0.3, -0.25) is 0 Å². The second kappa shape index (κ2) is 5.28. The summed E-state index contributed by atoms with van der Waals surface area (Å²) in [5.41, 5.74) is 2.06. The largest absolute Gasteiger partial charge is 0.355 e. The predicted molar refractivity (Wildman–Crippen MR) is 83.5 cm³/mol. The Morgan fingerprint density at radius 3 is 2.76 bits per heavy atom. The van der Waals surface area contributed by atoms with Crippen molar-refractivity contribution in [3.05, 3.63) is 12.2 Å². The molecule has 5 heteroatoms. The zero-order valence-corrected chi connectivity index (χ0v) is 12.8. The maximum Gasteiger partial charge on any atom is 0.165 e. The van der Waals surface area contributed by atoms with E-state index >= 15 is 0 Å². The van der Waals surface area contributed by atoms with Crippen molar-refractivity contribution in [3.63, 3.8) is 0 Å². The van der Waals surface area contributed by atoms with Crippen LogP contribution in [-0.2, 0) is 13.0 Å². The van der Waals surface area contributed by atoms with Crippen LogP contribution in [0.2, 0.25) is 0 Å². The molecule has 0 radical (unpaired) electrons. The predicted octanol–water partition coefficient (Wildman–Crippen LogP) is 2.79. The molecule has 4 heterocycles. The second-order valence-corrected chi connectivity index (χ2v) is 6.53. The smallest absolute Gasteiger partial charge is 0.165 e. The van der Waals surface area contributed by atoms with E-state index in [1.165, 1.54) is 37.9 Å². The number of rotatable bonds is 1. The van der Waals surface area contributed by atoms with Crippen LogP contribution in [0.15, 0.2) is 6.33 Å². The molecule has 5 nitrogen and oxygen atoms in total. The van der Waals surface area contributed by atoms with Gasteiger partial charge in [0.2, 0.25) is 0 Å². The number of anilines is 1. The maximum absolute atomic E-state index is 4.90. The van der Waals surface area contributed by atoms with Crippen LogP contribution in [0.3, 0.4) is 0 Å². The molecule has 21 heavy (non-hydrogen) atoms. The first-order chi connectivity index (χ1) is 10.3. The normalized spacial score (nSPS) is 20.5. The average molecular weight is 285 g/mol. The summed E-state index contributed by atoms with van der Waals surface area (Å²) >= 11 is 0. The highest BCUT2D eigenvalue weighted by Crippen LogP contribution is 2.28. The van der Waals surface area contributed by atoms with E-state index in [1.807, 2.05) is 0 Å². The lowest BCUT2D eigenvalue weighted by molar-refractivity contribution is 0.437. The lowest BCUT2D eigenvalue weighted by Gasteiger charge is -2.31. The lowest BCUT2D eigenvalue weighted by Crippen LogP contribution is -2.33. The SMILES string of the molecule is CC1CCN(c2ncnc3c2nc2n3CCCCC2)CC1. The van der Waals surface area contributed by atoms with Gasteiger partial charge in [0.15, 0.2) is 17.0 Å². The van der Waals surface area contributed by atoms with Gasteiger partial charge >= 0.3 is 0 Å². The highest BCUT2D eigenvalue weighted by molar-refractivity contribution is 5.84. The first-order valence-electron chi connectivity index (χ1n) is 8.28. The number of nitrogens with zero attached hydrogens (tertiary/aromatic N) is 5. The number of aromatic nitrogens is 4. The molecule has 112 valence electrons. The summed E-state index contributed by atoms with van der Waals surface area (Å²) in [6.45, 7) is 5.58. The van der Waals surface area contributed by atoms with Gasteiger partial charge in [-0.25, -0.2) is 15.0 Å². The molecule has 0 atom stereocenters. The molecule has 2 aliphatic rings. The zero-order chi connectivity index (χ0) is 14.2. The van der Waals surface area contributed by atoms with Gasteiger partial charge < -0.3 is 9.47 Å². The van der Waals surface area contributed by atoms with Crippen molar-refractivity contribution in [2.75, 3.05) is 18.0 Å². The third kappa shape index (κ3) is 2.28. The Morgan fingerprint density at radius 2 is 1.90 bits per heavy atom. The van der Waals surface area contributed by atoms with Crippen LogP contribution in [0.5, 0.6) is 0 Å². The number of piperidine rings is 1. The van der Waals surface area contributed by atoms with Crippen LogP contribution in [-0.4, -0.2) is 32.6 Å². The highest BCUT2D eigenvalue weighted by atomic mass is 15.2.